The van der Waals surface area contributed by atoms with Crippen LogP contribution >= 0.6 is 23.4 Å². The lowest BCUT2D eigenvalue weighted by Crippen LogP contribution is -2.23. The van der Waals surface area contributed by atoms with E-state index in [1.165, 1.54) is 30.0 Å². The summed E-state index contributed by atoms with van der Waals surface area (Å²) in [4.78, 5) is 11.6. The molecule has 1 aromatic rings. The van der Waals surface area contributed by atoms with E-state index in [0.717, 1.165) is 12.2 Å². The van der Waals surface area contributed by atoms with Crippen molar-refractivity contribution in [3.63, 3.8) is 0 Å². The van der Waals surface area contributed by atoms with Crippen molar-refractivity contribution < 1.29 is 9.18 Å². The van der Waals surface area contributed by atoms with Gasteiger partial charge in [-0.15, -0.1) is 0 Å². The minimum atomic E-state index is -0.502. The second-order valence-corrected chi connectivity index (χ2v) is 5.30. The van der Waals surface area contributed by atoms with Gasteiger partial charge in [-0.2, -0.15) is 11.8 Å². The summed E-state index contributed by atoms with van der Waals surface area (Å²) in [5.74, 6) is 0.417. The summed E-state index contributed by atoms with van der Waals surface area (Å²) < 4.78 is 12.9. The number of amides is 1. The number of benzene rings is 1. The van der Waals surface area contributed by atoms with Crippen LogP contribution in [0.5, 0.6) is 0 Å². The number of nitrogens with two attached hydrogens (primary N) is 1. The normalized spacial score (nSPS) is 12.2. The van der Waals surface area contributed by atoms with Gasteiger partial charge in [-0.1, -0.05) is 18.5 Å². The van der Waals surface area contributed by atoms with Crippen molar-refractivity contribution in [3.8, 4) is 0 Å². The summed E-state index contributed by atoms with van der Waals surface area (Å²) in [5, 5.41) is 2.64. The average molecular weight is 291 g/mol. The smallest absolute Gasteiger partial charge is 0.234 e. The van der Waals surface area contributed by atoms with Crippen LogP contribution in [-0.4, -0.2) is 23.5 Å². The number of thioether (sulfide) groups is 1. The van der Waals surface area contributed by atoms with Crippen molar-refractivity contribution in [3.05, 3.63) is 29.0 Å². The lowest BCUT2D eigenvalue weighted by atomic mass is 10.3. The largest absolute Gasteiger partial charge is 0.327 e. The summed E-state index contributed by atoms with van der Waals surface area (Å²) >= 11 is 7.09. The van der Waals surface area contributed by atoms with Gasteiger partial charge in [-0.05, 0) is 24.6 Å². The van der Waals surface area contributed by atoms with Crippen molar-refractivity contribution in [1.82, 2.24) is 0 Å². The molecule has 0 aromatic heterocycles. The lowest BCUT2D eigenvalue weighted by molar-refractivity contribution is -0.113. The molecule has 1 atom stereocenters. The molecular weight excluding hydrogens is 275 g/mol. The Balaban J connectivity index is 2.38. The van der Waals surface area contributed by atoms with Crippen LogP contribution in [0.3, 0.4) is 0 Å². The van der Waals surface area contributed by atoms with Crippen LogP contribution in [0.4, 0.5) is 10.1 Å². The highest BCUT2D eigenvalue weighted by Crippen LogP contribution is 2.19. The maximum absolute atomic E-state index is 12.9. The third-order valence-electron chi connectivity index (χ3n) is 2.29. The zero-order chi connectivity index (χ0) is 13.5. The zero-order valence-electron chi connectivity index (χ0n) is 10.1. The van der Waals surface area contributed by atoms with Gasteiger partial charge in [-0.3, -0.25) is 4.79 Å². The standard InChI is InChI=1S/C12H16ClFN2OS/c1-2-8(15)6-18-7-12(17)16-9-3-4-11(14)10(13)5-9/h3-5,8H,2,6-7,15H2,1H3,(H,16,17). The van der Waals surface area contributed by atoms with E-state index in [1.807, 2.05) is 6.92 Å². The molecule has 0 radical (unpaired) electrons. The molecule has 0 aliphatic heterocycles. The Morgan fingerprint density at radius 1 is 1.61 bits per heavy atom. The molecule has 0 aliphatic carbocycles. The molecule has 1 aromatic carbocycles. The van der Waals surface area contributed by atoms with E-state index in [2.05, 4.69) is 5.32 Å². The summed E-state index contributed by atoms with van der Waals surface area (Å²) in [7, 11) is 0. The molecule has 3 N–H and O–H groups in total. The quantitative estimate of drug-likeness (QED) is 0.847. The molecule has 0 bridgehead atoms. The van der Waals surface area contributed by atoms with Gasteiger partial charge < -0.3 is 11.1 Å². The van der Waals surface area contributed by atoms with E-state index < -0.39 is 5.82 Å². The Bertz CT molecular complexity index is 417. The van der Waals surface area contributed by atoms with Crippen molar-refractivity contribution in [1.29, 1.82) is 0 Å². The summed E-state index contributed by atoms with van der Waals surface area (Å²) in [6.07, 6.45) is 0.891. The van der Waals surface area contributed by atoms with E-state index in [-0.39, 0.29) is 17.0 Å². The molecule has 0 aliphatic rings. The van der Waals surface area contributed by atoms with Crippen LogP contribution in [0.25, 0.3) is 0 Å². The second kappa shape index (κ2) is 7.61. The van der Waals surface area contributed by atoms with Crippen LogP contribution in [0.1, 0.15) is 13.3 Å². The summed E-state index contributed by atoms with van der Waals surface area (Å²) in [5.41, 5.74) is 6.23. The monoisotopic (exact) mass is 290 g/mol. The fourth-order valence-corrected chi connectivity index (χ4v) is 2.29. The molecule has 0 saturated heterocycles. The number of carbonyl (C=O) groups excluding carboxylic acids is 1. The van der Waals surface area contributed by atoms with Gasteiger partial charge in [0, 0.05) is 17.5 Å². The maximum Gasteiger partial charge on any atom is 0.234 e. The van der Waals surface area contributed by atoms with E-state index in [4.69, 9.17) is 17.3 Å². The average Bonchev–Trinajstić information content (AvgIpc) is 2.33. The minimum Gasteiger partial charge on any atom is -0.327 e. The third-order valence-corrected chi connectivity index (χ3v) is 3.71. The summed E-state index contributed by atoms with van der Waals surface area (Å²) in [6.45, 7) is 2.01. The van der Waals surface area contributed by atoms with Crippen molar-refractivity contribution in [2.75, 3.05) is 16.8 Å². The number of hydrogen-bond acceptors (Lipinski definition) is 3. The number of rotatable bonds is 6. The molecule has 100 valence electrons. The highest BCUT2D eigenvalue weighted by atomic mass is 35.5. The zero-order valence-corrected chi connectivity index (χ0v) is 11.7. The highest BCUT2D eigenvalue weighted by molar-refractivity contribution is 8.00. The molecule has 0 fully saturated rings. The van der Waals surface area contributed by atoms with E-state index >= 15 is 0 Å². The Hall–Kier alpha value is -0.780. The first-order chi connectivity index (χ1) is 8.52. The van der Waals surface area contributed by atoms with Crippen molar-refractivity contribution in [2.24, 2.45) is 5.73 Å². The molecule has 1 rings (SSSR count). The van der Waals surface area contributed by atoms with E-state index in [9.17, 15) is 9.18 Å². The Kier molecular flexibility index (Phi) is 6.46. The Labute approximate surface area is 115 Å². The fraction of sp³-hybridized carbons (Fsp3) is 0.417. The molecule has 0 heterocycles. The number of hydrogen-bond donors (Lipinski definition) is 2. The number of anilines is 1. The molecule has 18 heavy (non-hydrogen) atoms. The van der Waals surface area contributed by atoms with Gasteiger partial charge in [0.2, 0.25) is 5.91 Å². The first kappa shape index (κ1) is 15.3. The lowest BCUT2D eigenvalue weighted by Gasteiger charge is -2.08. The van der Waals surface area contributed by atoms with Crippen molar-refractivity contribution in [2.45, 2.75) is 19.4 Å². The maximum atomic E-state index is 12.9. The minimum absolute atomic E-state index is 0.00606. The van der Waals surface area contributed by atoms with E-state index in [1.54, 1.807) is 0 Å². The molecule has 6 heteroatoms. The number of nitrogens with one attached hydrogen (secondary N) is 1. The van der Waals surface area contributed by atoms with Gasteiger partial charge in [0.05, 0.1) is 10.8 Å². The Morgan fingerprint density at radius 3 is 2.94 bits per heavy atom. The van der Waals surface area contributed by atoms with Gasteiger partial charge in [-0.25, -0.2) is 4.39 Å². The molecule has 3 nitrogen and oxygen atoms in total. The topological polar surface area (TPSA) is 55.1 Å². The predicted octanol–water partition coefficient (Wildman–Crippen LogP) is 2.89. The first-order valence-corrected chi connectivity index (χ1v) is 7.14. The molecule has 0 spiro atoms. The van der Waals surface area contributed by atoms with Gasteiger partial charge >= 0.3 is 0 Å². The molecular formula is C12H16ClFN2OS. The van der Waals surface area contributed by atoms with Crippen LogP contribution in [0, 0.1) is 5.82 Å². The first-order valence-electron chi connectivity index (χ1n) is 5.61. The van der Waals surface area contributed by atoms with Gasteiger partial charge in [0.25, 0.3) is 0 Å². The van der Waals surface area contributed by atoms with Crippen LogP contribution in [-0.2, 0) is 4.79 Å². The SMILES string of the molecule is CCC(N)CSCC(=O)Nc1ccc(F)c(Cl)c1. The number of carbonyl (C=O) groups is 1. The Morgan fingerprint density at radius 2 is 2.33 bits per heavy atom. The van der Waals surface area contributed by atoms with Gasteiger partial charge in [0.1, 0.15) is 5.82 Å². The fourth-order valence-electron chi connectivity index (χ4n) is 1.19. The number of halogens is 2. The summed E-state index contributed by atoms with van der Waals surface area (Å²) in [6, 6.07) is 4.19. The molecule has 1 unspecified atom stereocenters. The van der Waals surface area contributed by atoms with Crippen LogP contribution in [0.15, 0.2) is 18.2 Å². The van der Waals surface area contributed by atoms with E-state index in [0.29, 0.717) is 11.4 Å². The highest BCUT2D eigenvalue weighted by Gasteiger charge is 2.06. The molecule has 1 amide bonds. The second-order valence-electron chi connectivity index (χ2n) is 3.86. The van der Waals surface area contributed by atoms with Crippen LogP contribution in [0.2, 0.25) is 5.02 Å². The van der Waals surface area contributed by atoms with Crippen molar-refractivity contribution >= 4 is 35.0 Å². The molecule has 0 saturated carbocycles. The predicted molar refractivity (Wildman–Crippen MR) is 75.6 cm³/mol. The van der Waals surface area contributed by atoms with Crippen LogP contribution < -0.4 is 11.1 Å². The van der Waals surface area contributed by atoms with Gasteiger partial charge in [0.15, 0.2) is 0 Å². The third kappa shape index (κ3) is 5.25.